The minimum absolute atomic E-state index is 0.212. The molecule has 0 atom stereocenters. The number of nitrogens with zero attached hydrogens (tertiary/aromatic N) is 2. The smallest absolute Gasteiger partial charge is 0.399 e. The van der Waals surface area contributed by atoms with Gasteiger partial charge in [0.1, 0.15) is 0 Å². The Labute approximate surface area is 148 Å². The predicted octanol–water partition coefficient (Wildman–Crippen LogP) is 2.28. The standard InChI is InChI=1S/C18H24BN3O3/c1-12-7-8-13(16(23)20-15-9-10-22(6)21-15)11-14(12)19-24-17(2,3)18(4,5)25-19/h7-11H,1-6H3,(H,20,21,23). The Morgan fingerprint density at radius 1 is 1.16 bits per heavy atom. The van der Waals surface area contributed by atoms with Crippen LogP contribution < -0.4 is 10.8 Å². The third-order valence-electron chi connectivity index (χ3n) is 5.00. The summed E-state index contributed by atoms with van der Waals surface area (Å²) in [6.45, 7) is 10.0. The highest BCUT2D eigenvalue weighted by atomic mass is 16.7. The van der Waals surface area contributed by atoms with E-state index >= 15 is 0 Å². The Hall–Kier alpha value is -2.12. The van der Waals surface area contributed by atoms with Crippen molar-refractivity contribution in [1.29, 1.82) is 0 Å². The molecule has 2 heterocycles. The first-order chi connectivity index (χ1) is 11.6. The van der Waals surface area contributed by atoms with E-state index in [2.05, 4.69) is 10.4 Å². The van der Waals surface area contributed by atoms with Crippen molar-refractivity contribution in [2.75, 3.05) is 5.32 Å². The van der Waals surface area contributed by atoms with Gasteiger partial charge in [-0.1, -0.05) is 11.6 Å². The van der Waals surface area contributed by atoms with Gasteiger partial charge in [0.2, 0.25) is 0 Å². The van der Waals surface area contributed by atoms with Gasteiger partial charge in [-0.3, -0.25) is 9.48 Å². The molecule has 1 aliphatic rings. The Balaban J connectivity index is 1.85. The molecular weight excluding hydrogens is 317 g/mol. The molecule has 0 bridgehead atoms. The number of nitrogens with one attached hydrogen (secondary N) is 1. The third-order valence-corrected chi connectivity index (χ3v) is 5.00. The third kappa shape index (κ3) is 3.34. The van der Waals surface area contributed by atoms with Crippen molar-refractivity contribution in [3.8, 4) is 0 Å². The SMILES string of the molecule is Cc1ccc(C(=O)Nc2ccn(C)n2)cc1B1OC(C)(C)C(C)(C)O1. The Kier molecular flexibility index (Phi) is 4.25. The zero-order valence-electron chi connectivity index (χ0n) is 15.6. The molecule has 1 aromatic heterocycles. The summed E-state index contributed by atoms with van der Waals surface area (Å²) in [5.41, 5.74) is 1.59. The van der Waals surface area contributed by atoms with Crippen molar-refractivity contribution in [2.24, 2.45) is 7.05 Å². The molecule has 1 aliphatic heterocycles. The van der Waals surface area contributed by atoms with Crippen LogP contribution in [0.5, 0.6) is 0 Å². The van der Waals surface area contributed by atoms with Gasteiger partial charge in [0.15, 0.2) is 5.82 Å². The van der Waals surface area contributed by atoms with Crippen LogP contribution in [0.15, 0.2) is 30.5 Å². The maximum Gasteiger partial charge on any atom is 0.495 e. The topological polar surface area (TPSA) is 65.4 Å². The lowest BCUT2D eigenvalue weighted by atomic mass is 9.75. The number of benzene rings is 1. The van der Waals surface area contributed by atoms with Crippen molar-refractivity contribution in [3.63, 3.8) is 0 Å². The predicted molar refractivity (Wildman–Crippen MR) is 98.1 cm³/mol. The van der Waals surface area contributed by atoms with Crippen LogP contribution in [0.25, 0.3) is 0 Å². The van der Waals surface area contributed by atoms with E-state index in [1.807, 2.05) is 46.8 Å². The van der Waals surface area contributed by atoms with Crippen molar-refractivity contribution in [3.05, 3.63) is 41.6 Å². The lowest BCUT2D eigenvalue weighted by molar-refractivity contribution is 0.00578. The fraction of sp³-hybridized carbons (Fsp3) is 0.444. The molecule has 0 radical (unpaired) electrons. The molecule has 1 N–H and O–H groups in total. The van der Waals surface area contributed by atoms with Crippen molar-refractivity contribution in [1.82, 2.24) is 9.78 Å². The van der Waals surface area contributed by atoms with Crippen LogP contribution >= 0.6 is 0 Å². The Bertz CT molecular complexity index is 798. The Morgan fingerprint density at radius 2 is 1.80 bits per heavy atom. The van der Waals surface area contributed by atoms with Gasteiger partial charge in [0.05, 0.1) is 11.2 Å². The quantitative estimate of drug-likeness (QED) is 0.870. The number of amides is 1. The van der Waals surface area contributed by atoms with E-state index in [-0.39, 0.29) is 5.91 Å². The molecule has 3 rings (SSSR count). The van der Waals surface area contributed by atoms with Crippen LogP contribution in [0, 0.1) is 6.92 Å². The van der Waals surface area contributed by atoms with Gasteiger partial charge in [0.25, 0.3) is 5.91 Å². The van der Waals surface area contributed by atoms with Gasteiger partial charge in [-0.2, -0.15) is 5.10 Å². The molecule has 6 nitrogen and oxygen atoms in total. The van der Waals surface area contributed by atoms with Gasteiger partial charge in [-0.05, 0) is 52.2 Å². The van der Waals surface area contributed by atoms with Gasteiger partial charge in [-0.15, -0.1) is 0 Å². The van der Waals surface area contributed by atoms with E-state index in [1.165, 1.54) is 0 Å². The summed E-state index contributed by atoms with van der Waals surface area (Å²) in [6.07, 6.45) is 1.78. The molecule has 0 unspecified atom stereocenters. The summed E-state index contributed by atoms with van der Waals surface area (Å²) in [4.78, 5) is 12.5. The molecule has 0 spiro atoms. The summed E-state index contributed by atoms with van der Waals surface area (Å²) >= 11 is 0. The van der Waals surface area contributed by atoms with Gasteiger partial charge >= 0.3 is 7.12 Å². The number of hydrogen-bond donors (Lipinski definition) is 1. The number of hydrogen-bond acceptors (Lipinski definition) is 4. The van der Waals surface area contributed by atoms with E-state index in [1.54, 1.807) is 30.1 Å². The highest BCUT2D eigenvalue weighted by Crippen LogP contribution is 2.36. The first-order valence-electron chi connectivity index (χ1n) is 8.36. The maximum atomic E-state index is 12.5. The van der Waals surface area contributed by atoms with E-state index in [0.29, 0.717) is 11.4 Å². The first kappa shape index (κ1) is 17.7. The zero-order chi connectivity index (χ0) is 18.4. The van der Waals surface area contributed by atoms with E-state index in [4.69, 9.17) is 9.31 Å². The molecule has 0 saturated carbocycles. The van der Waals surface area contributed by atoms with Crippen LogP contribution in [-0.2, 0) is 16.4 Å². The summed E-state index contributed by atoms with van der Waals surface area (Å²) in [6, 6.07) is 7.28. The minimum atomic E-state index is -0.493. The second-order valence-corrected chi connectivity index (χ2v) is 7.49. The lowest BCUT2D eigenvalue weighted by Gasteiger charge is -2.32. The van der Waals surface area contributed by atoms with E-state index in [9.17, 15) is 4.79 Å². The largest absolute Gasteiger partial charge is 0.495 e. The summed E-state index contributed by atoms with van der Waals surface area (Å²) < 4.78 is 13.9. The van der Waals surface area contributed by atoms with Crippen molar-refractivity contribution >= 4 is 24.3 Å². The molecule has 1 saturated heterocycles. The van der Waals surface area contributed by atoms with Crippen LogP contribution in [-0.4, -0.2) is 34.0 Å². The molecule has 25 heavy (non-hydrogen) atoms. The van der Waals surface area contributed by atoms with Crippen LogP contribution in [0.2, 0.25) is 0 Å². The molecule has 1 fully saturated rings. The molecule has 7 heteroatoms. The molecule has 2 aromatic rings. The maximum absolute atomic E-state index is 12.5. The summed E-state index contributed by atoms with van der Waals surface area (Å²) in [5.74, 6) is 0.307. The molecule has 1 amide bonds. The highest BCUT2D eigenvalue weighted by molar-refractivity contribution is 6.62. The number of rotatable bonds is 3. The van der Waals surface area contributed by atoms with Gasteiger partial charge < -0.3 is 14.6 Å². The second-order valence-electron chi connectivity index (χ2n) is 7.49. The normalized spacial score (nSPS) is 18.4. The second kappa shape index (κ2) is 6.00. The molecule has 132 valence electrons. The number of anilines is 1. The number of aryl methyl sites for hydroxylation is 2. The summed E-state index contributed by atoms with van der Waals surface area (Å²) in [5, 5.41) is 6.96. The van der Waals surface area contributed by atoms with Crippen molar-refractivity contribution < 1.29 is 14.1 Å². The van der Waals surface area contributed by atoms with E-state index in [0.717, 1.165) is 11.0 Å². The average molecular weight is 341 g/mol. The van der Waals surface area contributed by atoms with Crippen molar-refractivity contribution in [2.45, 2.75) is 45.8 Å². The van der Waals surface area contributed by atoms with Crippen LogP contribution in [0.3, 0.4) is 0 Å². The highest BCUT2D eigenvalue weighted by Gasteiger charge is 2.52. The minimum Gasteiger partial charge on any atom is -0.399 e. The molecule has 1 aromatic carbocycles. The fourth-order valence-corrected chi connectivity index (χ4v) is 2.68. The first-order valence-corrected chi connectivity index (χ1v) is 8.36. The lowest BCUT2D eigenvalue weighted by Crippen LogP contribution is -2.41. The fourth-order valence-electron chi connectivity index (χ4n) is 2.68. The number of aromatic nitrogens is 2. The monoisotopic (exact) mass is 341 g/mol. The van der Waals surface area contributed by atoms with Gasteiger partial charge in [-0.25, -0.2) is 0 Å². The summed E-state index contributed by atoms with van der Waals surface area (Å²) in [7, 11) is 1.31. The average Bonchev–Trinajstić information content (AvgIpc) is 3.00. The Morgan fingerprint density at radius 3 is 2.36 bits per heavy atom. The van der Waals surface area contributed by atoms with E-state index < -0.39 is 18.3 Å². The molecule has 0 aliphatic carbocycles. The number of carbonyl (C=O) groups is 1. The van der Waals surface area contributed by atoms with Crippen LogP contribution in [0.1, 0.15) is 43.6 Å². The van der Waals surface area contributed by atoms with Gasteiger partial charge in [0, 0.05) is 24.9 Å². The zero-order valence-corrected chi connectivity index (χ0v) is 15.6. The van der Waals surface area contributed by atoms with Crippen LogP contribution in [0.4, 0.5) is 5.82 Å². The number of carbonyl (C=O) groups excluding carboxylic acids is 1. The molecular formula is C18H24BN3O3.